The number of amides is 2. The molecule has 8 nitrogen and oxygen atoms in total. The number of nitrogens with one attached hydrogen (secondary N) is 1. The number of carbonyl (C=O) groups excluding carboxylic acids is 2. The van der Waals surface area contributed by atoms with Gasteiger partial charge in [0.25, 0.3) is 11.8 Å². The molecule has 0 bridgehead atoms. The highest BCUT2D eigenvalue weighted by atomic mass is 19.1. The minimum absolute atomic E-state index is 0.151. The van der Waals surface area contributed by atoms with Gasteiger partial charge in [-0.2, -0.15) is 0 Å². The molecule has 1 aromatic carbocycles. The SMILES string of the molecule is CC(c1ncccn1)N(CC1CC1)C(=O)c1cc(C(=O)N[C@H](C)c2ccc(F)cc2)n2c1COCC2. The van der Waals surface area contributed by atoms with Crippen molar-refractivity contribution in [3.05, 3.63) is 82.9 Å². The molecule has 2 aromatic heterocycles. The van der Waals surface area contributed by atoms with Gasteiger partial charge in [0, 0.05) is 25.5 Å². The maximum atomic E-state index is 13.9. The van der Waals surface area contributed by atoms with E-state index in [1.165, 1.54) is 12.1 Å². The lowest BCUT2D eigenvalue weighted by atomic mass is 10.1. The highest BCUT2D eigenvalue weighted by Crippen LogP contribution is 2.34. The summed E-state index contributed by atoms with van der Waals surface area (Å²) in [7, 11) is 0. The Morgan fingerprint density at radius 1 is 1.19 bits per heavy atom. The molecule has 1 aliphatic carbocycles. The van der Waals surface area contributed by atoms with Crippen LogP contribution in [0.4, 0.5) is 4.39 Å². The predicted octanol–water partition coefficient (Wildman–Crippen LogP) is 4.05. The summed E-state index contributed by atoms with van der Waals surface area (Å²) >= 11 is 0. The predicted molar refractivity (Wildman–Crippen MR) is 131 cm³/mol. The summed E-state index contributed by atoms with van der Waals surface area (Å²) in [5, 5.41) is 2.99. The summed E-state index contributed by atoms with van der Waals surface area (Å²) < 4.78 is 20.9. The number of carbonyl (C=O) groups is 2. The number of hydrogen-bond acceptors (Lipinski definition) is 5. The van der Waals surface area contributed by atoms with Crippen LogP contribution in [0.5, 0.6) is 0 Å². The Bertz CT molecular complexity index is 1240. The van der Waals surface area contributed by atoms with Crippen LogP contribution in [0.2, 0.25) is 0 Å². The maximum absolute atomic E-state index is 13.9. The second-order valence-corrected chi connectivity index (χ2v) is 9.52. The van der Waals surface area contributed by atoms with E-state index >= 15 is 0 Å². The summed E-state index contributed by atoms with van der Waals surface area (Å²) in [5.74, 6) is 0.284. The van der Waals surface area contributed by atoms with Crippen LogP contribution in [0.25, 0.3) is 0 Å². The molecule has 1 saturated carbocycles. The molecule has 3 aromatic rings. The van der Waals surface area contributed by atoms with Crippen molar-refractivity contribution in [1.29, 1.82) is 0 Å². The van der Waals surface area contributed by atoms with E-state index in [4.69, 9.17) is 4.74 Å². The van der Waals surface area contributed by atoms with E-state index in [1.807, 2.05) is 23.3 Å². The fraction of sp³-hybridized carbons (Fsp3) is 0.407. The zero-order valence-electron chi connectivity index (χ0n) is 20.5. The number of aromatic nitrogens is 3. The number of benzene rings is 1. The van der Waals surface area contributed by atoms with Gasteiger partial charge in [-0.25, -0.2) is 14.4 Å². The lowest BCUT2D eigenvalue weighted by molar-refractivity contribution is 0.0638. The average Bonchev–Trinajstić information content (AvgIpc) is 3.64. The molecule has 2 atom stereocenters. The average molecular weight is 492 g/mol. The van der Waals surface area contributed by atoms with Gasteiger partial charge in [-0.15, -0.1) is 0 Å². The fourth-order valence-corrected chi connectivity index (χ4v) is 4.62. The van der Waals surface area contributed by atoms with Crippen molar-refractivity contribution >= 4 is 11.8 Å². The molecule has 9 heteroatoms. The van der Waals surface area contributed by atoms with Crippen LogP contribution in [0.3, 0.4) is 0 Å². The van der Waals surface area contributed by atoms with Crippen LogP contribution in [0, 0.1) is 11.7 Å². The molecule has 2 aliphatic rings. The Kier molecular flexibility index (Phi) is 6.82. The van der Waals surface area contributed by atoms with Gasteiger partial charge >= 0.3 is 0 Å². The number of fused-ring (bicyclic) bond motifs is 1. The lowest BCUT2D eigenvalue weighted by Crippen LogP contribution is -2.36. The molecular weight excluding hydrogens is 461 g/mol. The van der Waals surface area contributed by atoms with Gasteiger partial charge in [-0.3, -0.25) is 9.59 Å². The fourth-order valence-electron chi connectivity index (χ4n) is 4.62. The van der Waals surface area contributed by atoms with Gasteiger partial charge in [0.1, 0.15) is 17.3 Å². The molecule has 1 N–H and O–H groups in total. The van der Waals surface area contributed by atoms with Crippen LogP contribution in [-0.4, -0.2) is 44.4 Å². The first-order valence-electron chi connectivity index (χ1n) is 12.4. The second kappa shape index (κ2) is 10.2. The first kappa shape index (κ1) is 24.1. The van der Waals surface area contributed by atoms with Gasteiger partial charge in [0.05, 0.1) is 36.6 Å². The molecule has 1 fully saturated rings. The smallest absolute Gasteiger partial charge is 0.268 e. The zero-order chi connectivity index (χ0) is 25.2. The van der Waals surface area contributed by atoms with Gasteiger partial charge in [-0.1, -0.05) is 12.1 Å². The second-order valence-electron chi connectivity index (χ2n) is 9.52. The standard InChI is InChI=1S/C27H30FN5O3/c1-17(20-6-8-21(28)9-7-20)31-26(34)23-14-22(24-16-36-13-12-32(23)24)27(35)33(15-19-4-5-19)18(2)25-29-10-3-11-30-25/h3,6-11,14,17-19H,4-5,12-13,15-16H2,1-2H3,(H,31,34)/t17-,18?/m1/s1. The molecular formula is C27H30FN5O3. The largest absolute Gasteiger partial charge is 0.373 e. The van der Waals surface area contributed by atoms with Crippen LogP contribution in [-0.2, 0) is 17.9 Å². The van der Waals surface area contributed by atoms with Crippen molar-refractivity contribution in [1.82, 2.24) is 24.8 Å². The molecule has 5 rings (SSSR count). The van der Waals surface area contributed by atoms with E-state index in [2.05, 4.69) is 15.3 Å². The van der Waals surface area contributed by atoms with Crippen LogP contribution >= 0.6 is 0 Å². The number of halogens is 1. The zero-order valence-corrected chi connectivity index (χ0v) is 20.5. The summed E-state index contributed by atoms with van der Waals surface area (Å²) in [5.41, 5.74) is 2.38. The van der Waals surface area contributed by atoms with Crippen molar-refractivity contribution in [2.75, 3.05) is 13.2 Å². The van der Waals surface area contributed by atoms with E-state index in [0.717, 1.165) is 18.4 Å². The van der Waals surface area contributed by atoms with Crippen LogP contribution in [0.15, 0.2) is 48.8 Å². The Morgan fingerprint density at radius 3 is 2.61 bits per heavy atom. The summed E-state index contributed by atoms with van der Waals surface area (Å²) in [6, 6.07) is 8.84. The Hall–Kier alpha value is -3.59. The molecule has 1 aliphatic heterocycles. The van der Waals surface area contributed by atoms with Gasteiger partial charge in [0.15, 0.2) is 0 Å². The normalized spacial score (nSPS) is 16.6. The minimum Gasteiger partial charge on any atom is -0.373 e. The highest BCUT2D eigenvalue weighted by Gasteiger charge is 2.35. The van der Waals surface area contributed by atoms with Crippen molar-refractivity contribution in [3.63, 3.8) is 0 Å². The molecule has 2 amide bonds. The first-order valence-corrected chi connectivity index (χ1v) is 12.4. The molecule has 0 spiro atoms. The van der Waals surface area contributed by atoms with E-state index in [0.29, 0.717) is 48.4 Å². The number of hydrogen-bond donors (Lipinski definition) is 1. The summed E-state index contributed by atoms with van der Waals surface area (Å²) in [6.45, 7) is 5.60. The van der Waals surface area contributed by atoms with Crippen molar-refractivity contribution in [2.24, 2.45) is 5.92 Å². The topological polar surface area (TPSA) is 89.4 Å². The van der Waals surface area contributed by atoms with E-state index in [-0.39, 0.29) is 36.3 Å². The van der Waals surface area contributed by atoms with Crippen LogP contribution < -0.4 is 5.32 Å². The Balaban J connectivity index is 1.43. The lowest BCUT2D eigenvalue weighted by Gasteiger charge is -2.29. The molecule has 0 radical (unpaired) electrons. The molecule has 36 heavy (non-hydrogen) atoms. The molecule has 188 valence electrons. The van der Waals surface area contributed by atoms with Gasteiger partial charge in [-0.05, 0) is 62.4 Å². The van der Waals surface area contributed by atoms with Gasteiger partial charge < -0.3 is 19.5 Å². The highest BCUT2D eigenvalue weighted by molar-refractivity contribution is 6.01. The van der Waals surface area contributed by atoms with Crippen molar-refractivity contribution < 1.29 is 18.7 Å². The van der Waals surface area contributed by atoms with E-state index in [1.54, 1.807) is 36.7 Å². The molecule has 3 heterocycles. The van der Waals surface area contributed by atoms with Crippen LogP contribution in [0.1, 0.15) is 76.7 Å². The summed E-state index contributed by atoms with van der Waals surface area (Å²) in [6.07, 6.45) is 5.55. The Labute approximate surface area is 209 Å². The number of ether oxygens (including phenoxy) is 1. The summed E-state index contributed by atoms with van der Waals surface area (Å²) in [4.78, 5) is 37.8. The monoisotopic (exact) mass is 491 g/mol. The van der Waals surface area contributed by atoms with E-state index < -0.39 is 0 Å². The quantitative estimate of drug-likeness (QED) is 0.514. The molecule has 0 saturated heterocycles. The number of rotatable bonds is 8. The third kappa shape index (κ3) is 5.02. The van der Waals surface area contributed by atoms with Crippen molar-refractivity contribution in [3.8, 4) is 0 Å². The first-order chi connectivity index (χ1) is 17.4. The third-order valence-electron chi connectivity index (χ3n) is 6.93. The van der Waals surface area contributed by atoms with Crippen molar-refractivity contribution in [2.45, 2.75) is 51.9 Å². The van der Waals surface area contributed by atoms with Gasteiger partial charge in [0.2, 0.25) is 0 Å². The maximum Gasteiger partial charge on any atom is 0.268 e. The van der Waals surface area contributed by atoms with E-state index in [9.17, 15) is 14.0 Å². The number of nitrogens with zero attached hydrogens (tertiary/aromatic N) is 4. The third-order valence-corrected chi connectivity index (χ3v) is 6.93. The minimum atomic E-state index is -0.329. The Morgan fingerprint density at radius 2 is 1.92 bits per heavy atom. The molecule has 1 unspecified atom stereocenters.